The van der Waals surface area contributed by atoms with Gasteiger partial charge in [0.05, 0.1) is 11.5 Å². The van der Waals surface area contributed by atoms with Crippen LogP contribution in [0.4, 0.5) is 0 Å². The van der Waals surface area contributed by atoms with Gasteiger partial charge in [-0.15, -0.1) is 11.3 Å². The number of nitrogens with zero attached hydrogens (tertiary/aromatic N) is 1. The monoisotopic (exact) mass is 315 g/mol. The van der Waals surface area contributed by atoms with Crippen LogP contribution in [-0.2, 0) is 21.1 Å². The highest BCUT2D eigenvalue weighted by molar-refractivity contribution is 7.91. The number of thiophene rings is 1. The van der Waals surface area contributed by atoms with Crippen LogP contribution < -0.4 is 0 Å². The second kappa shape index (κ2) is 6.72. The summed E-state index contributed by atoms with van der Waals surface area (Å²) in [5.74, 6) is 0.444. The third-order valence-electron chi connectivity index (χ3n) is 3.70. The number of carbonyl (C=O) groups is 1. The molecule has 0 radical (unpaired) electrons. The summed E-state index contributed by atoms with van der Waals surface area (Å²) in [5, 5.41) is 2.04. The van der Waals surface area contributed by atoms with E-state index in [0.29, 0.717) is 19.4 Å². The number of amides is 1. The lowest BCUT2D eigenvalue weighted by molar-refractivity contribution is -0.132. The van der Waals surface area contributed by atoms with Crippen molar-refractivity contribution in [2.24, 2.45) is 0 Å². The van der Waals surface area contributed by atoms with Crippen molar-refractivity contribution in [3.05, 3.63) is 22.4 Å². The molecule has 0 saturated carbocycles. The highest BCUT2D eigenvalue weighted by atomic mass is 32.2. The van der Waals surface area contributed by atoms with Crippen molar-refractivity contribution in [1.29, 1.82) is 0 Å². The first kappa shape index (κ1) is 15.5. The zero-order valence-corrected chi connectivity index (χ0v) is 13.4. The predicted octanol–water partition coefficient (Wildman–Crippen LogP) is 2.11. The first-order valence-electron chi connectivity index (χ1n) is 7.04. The number of hydrogen-bond acceptors (Lipinski definition) is 4. The van der Waals surface area contributed by atoms with Crippen LogP contribution in [-0.4, -0.2) is 43.3 Å². The van der Waals surface area contributed by atoms with Gasteiger partial charge in [0.15, 0.2) is 9.84 Å². The molecular weight excluding hydrogens is 294 g/mol. The van der Waals surface area contributed by atoms with E-state index in [1.807, 2.05) is 18.4 Å². The van der Waals surface area contributed by atoms with E-state index in [9.17, 15) is 13.2 Å². The second-order valence-electron chi connectivity index (χ2n) is 5.17. The van der Waals surface area contributed by atoms with Gasteiger partial charge in [0.1, 0.15) is 0 Å². The van der Waals surface area contributed by atoms with E-state index < -0.39 is 9.84 Å². The molecule has 4 nitrogen and oxygen atoms in total. The van der Waals surface area contributed by atoms with Gasteiger partial charge in [0.25, 0.3) is 0 Å². The van der Waals surface area contributed by atoms with E-state index in [-0.39, 0.29) is 23.5 Å². The van der Waals surface area contributed by atoms with E-state index in [2.05, 4.69) is 6.07 Å². The molecule has 0 aliphatic carbocycles. The Morgan fingerprint density at radius 3 is 2.85 bits per heavy atom. The molecule has 1 aliphatic heterocycles. The molecule has 0 bridgehead atoms. The Morgan fingerprint density at radius 1 is 1.50 bits per heavy atom. The quantitative estimate of drug-likeness (QED) is 0.808. The van der Waals surface area contributed by atoms with Crippen molar-refractivity contribution < 1.29 is 13.2 Å². The number of aryl methyl sites for hydroxylation is 1. The van der Waals surface area contributed by atoms with Crippen molar-refractivity contribution in [3.8, 4) is 0 Å². The highest BCUT2D eigenvalue weighted by Crippen LogP contribution is 2.19. The lowest BCUT2D eigenvalue weighted by Gasteiger charge is -2.26. The molecular formula is C14H21NO3S2. The summed E-state index contributed by atoms with van der Waals surface area (Å²) in [4.78, 5) is 15.3. The minimum atomic E-state index is -2.93. The lowest BCUT2D eigenvalue weighted by Crippen LogP contribution is -2.40. The summed E-state index contributed by atoms with van der Waals surface area (Å²) >= 11 is 1.71. The summed E-state index contributed by atoms with van der Waals surface area (Å²) in [6.45, 7) is 2.51. The van der Waals surface area contributed by atoms with E-state index in [1.54, 1.807) is 16.2 Å². The van der Waals surface area contributed by atoms with Gasteiger partial charge in [-0.05, 0) is 37.6 Å². The Kier molecular flexibility index (Phi) is 5.21. The molecule has 112 valence electrons. The van der Waals surface area contributed by atoms with Gasteiger partial charge in [-0.2, -0.15) is 0 Å². The number of carbonyl (C=O) groups excluding carboxylic acids is 1. The van der Waals surface area contributed by atoms with Crippen LogP contribution in [0.2, 0.25) is 0 Å². The molecule has 1 aliphatic rings. The fraction of sp³-hybridized carbons (Fsp3) is 0.643. The minimum absolute atomic E-state index is 0.0890. The third-order valence-corrected chi connectivity index (χ3v) is 6.39. The molecule has 2 rings (SSSR count). The summed E-state index contributed by atoms with van der Waals surface area (Å²) in [7, 11) is -2.93. The molecule has 20 heavy (non-hydrogen) atoms. The summed E-state index contributed by atoms with van der Waals surface area (Å²) in [6, 6.07) is 3.99. The zero-order valence-electron chi connectivity index (χ0n) is 11.7. The van der Waals surface area contributed by atoms with Crippen molar-refractivity contribution in [3.63, 3.8) is 0 Å². The predicted molar refractivity (Wildman–Crippen MR) is 81.7 cm³/mol. The Morgan fingerprint density at radius 2 is 2.30 bits per heavy atom. The maximum absolute atomic E-state index is 12.2. The van der Waals surface area contributed by atoms with Crippen LogP contribution in [0.3, 0.4) is 0 Å². The fourth-order valence-corrected chi connectivity index (χ4v) is 5.15. The van der Waals surface area contributed by atoms with Crippen molar-refractivity contribution in [2.75, 3.05) is 18.1 Å². The van der Waals surface area contributed by atoms with Gasteiger partial charge < -0.3 is 4.90 Å². The Balaban J connectivity index is 1.83. The molecule has 6 heteroatoms. The second-order valence-corrected chi connectivity index (χ2v) is 8.43. The molecule has 2 heterocycles. The van der Waals surface area contributed by atoms with Crippen LogP contribution in [0, 0.1) is 0 Å². The maximum Gasteiger partial charge on any atom is 0.222 e. The van der Waals surface area contributed by atoms with E-state index in [1.165, 1.54) is 4.88 Å². The minimum Gasteiger partial charge on any atom is -0.339 e. The number of rotatable bonds is 6. The lowest BCUT2D eigenvalue weighted by atomic mass is 10.1. The molecule has 1 atom stereocenters. The first-order chi connectivity index (χ1) is 9.52. The Hall–Kier alpha value is -0.880. The average molecular weight is 315 g/mol. The molecule has 1 aromatic heterocycles. The Bertz CT molecular complexity index is 537. The fourth-order valence-electron chi connectivity index (χ4n) is 2.67. The molecule has 1 fully saturated rings. The summed E-state index contributed by atoms with van der Waals surface area (Å²) < 4.78 is 23.0. The van der Waals surface area contributed by atoms with E-state index in [0.717, 1.165) is 12.8 Å². The van der Waals surface area contributed by atoms with Crippen LogP contribution in [0.1, 0.15) is 31.1 Å². The van der Waals surface area contributed by atoms with Gasteiger partial charge in [-0.3, -0.25) is 4.79 Å². The molecule has 1 unspecified atom stereocenters. The van der Waals surface area contributed by atoms with Crippen LogP contribution in [0.25, 0.3) is 0 Å². The van der Waals surface area contributed by atoms with Gasteiger partial charge in [0, 0.05) is 23.9 Å². The molecule has 0 N–H and O–H groups in total. The summed E-state index contributed by atoms with van der Waals surface area (Å²) in [5.41, 5.74) is 0. The zero-order chi connectivity index (χ0) is 14.6. The van der Waals surface area contributed by atoms with Crippen molar-refractivity contribution in [2.45, 2.75) is 38.6 Å². The van der Waals surface area contributed by atoms with Crippen LogP contribution in [0.5, 0.6) is 0 Å². The topological polar surface area (TPSA) is 54.5 Å². The van der Waals surface area contributed by atoms with Crippen molar-refractivity contribution in [1.82, 2.24) is 4.90 Å². The van der Waals surface area contributed by atoms with Gasteiger partial charge >= 0.3 is 0 Å². The number of hydrogen-bond donors (Lipinski definition) is 0. The van der Waals surface area contributed by atoms with Crippen LogP contribution >= 0.6 is 11.3 Å². The van der Waals surface area contributed by atoms with E-state index in [4.69, 9.17) is 0 Å². The molecule has 1 saturated heterocycles. The smallest absolute Gasteiger partial charge is 0.222 e. The van der Waals surface area contributed by atoms with Gasteiger partial charge in [-0.1, -0.05) is 6.07 Å². The largest absolute Gasteiger partial charge is 0.339 e. The highest BCUT2D eigenvalue weighted by Gasteiger charge is 2.33. The van der Waals surface area contributed by atoms with Crippen LogP contribution in [0.15, 0.2) is 17.5 Å². The van der Waals surface area contributed by atoms with Gasteiger partial charge in [0.2, 0.25) is 5.91 Å². The SMILES string of the molecule is CCN(C(=O)CCCc1cccs1)C1CCS(=O)(=O)C1. The third kappa shape index (κ3) is 4.06. The summed E-state index contributed by atoms with van der Waals surface area (Å²) in [6.07, 6.45) is 2.84. The van der Waals surface area contributed by atoms with Gasteiger partial charge in [-0.25, -0.2) is 8.42 Å². The molecule has 0 aromatic carbocycles. The van der Waals surface area contributed by atoms with Crippen molar-refractivity contribution >= 4 is 27.1 Å². The standard InChI is InChI=1S/C14H21NO3S2/c1-2-15(12-8-10-20(17,18)11-12)14(16)7-3-5-13-6-4-9-19-13/h4,6,9,12H,2-3,5,7-8,10-11H2,1H3. The first-order valence-corrected chi connectivity index (χ1v) is 9.74. The van der Waals surface area contributed by atoms with E-state index >= 15 is 0 Å². The maximum atomic E-state index is 12.2. The molecule has 1 amide bonds. The number of sulfone groups is 1. The average Bonchev–Trinajstić information content (AvgIpc) is 3.00. The normalized spacial score (nSPS) is 20.9. The molecule has 1 aromatic rings. The Labute approximate surface area is 124 Å². The molecule has 0 spiro atoms.